The summed E-state index contributed by atoms with van der Waals surface area (Å²) < 4.78 is 0. The minimum absolute atomic E-state index is 0.169. The molecule has 0 unspecified atom stereocenters. The predicted molar refractivity (Wildman–Crippen MR) is 65.6 cm³/mol. The second kappa shape index (κ2) is 9.46. The SMILES string of the molecule is CC(C)CCCCNC(=O)NC(=O)CCCl. The van der Waals surface area contributed by atoms with E-state index in [-0.39, 0.29) is 18.2 Å². The van der Waals surface area contributed by atoms with Crippen molar-refractivity contribution in [3.05, 3.63) is 0 Å². The molecule has 0 spiro atoms. The highest BCUT2D eigenvalue weighted by atomic mass is 35.5. The lowest BCUT2D eigenvalue weighted by Crippen LogP contribution is -2.39. The van der Waals surface area contributed by atoms with E-state index in [1.807, 2.05) is 0 Å². The van der Waals surface area contributed by atoms with Gasteiger partial charge < -0.3 is 5.32 Å². The van der Waals surface area contributed by atoms with Gasteiger partial charge in [0.1, 0.15) is 0 Å². The van der Waals surface area contributed by atoms with Gasteiger partial charge in [0.25, 0.3) is 0 Å². The van der Waals surface area contributed by atoms with E-state index in [1.54, 1.807) is 0 Å². The molecule has 94 valence electrons. The van der Waals surface area contributed by atoms with Gasteiger partial charge in [-0.05, 0) is 12.3 Å². The van der Waals surface area contributed by atoms with Crippen LogP contribution in [0.4, 0.5) is 4.79 Å². The number of imide groups is 1. The maximum absolute atomic E-state index is 11.1. The Morgan fingerprint density at radius 3 is 2.50 bits per heavy atom. The molecule has 5 heteroatoms. The first kappa shape index (κ1) is 15.2. The van der Waals surface area contributed by atoms with Crippen molar-refractivity contribution in [1.29, 1.82) is 0 Å². The van der Waals surface area contributed by atoms with Crippen LogP contribution in [0.15, 0.2) is 0 Å². The third-order valence-electron chi connectivity index (χ3n) is 2.07. The van der Waals surface area contributed by atoms with Crippen molar-refractivity contribution in [2.45, 2.75) is 39.5 Å². The molecule has 3 amide bonds. The van der Waals surface area contributed by atoms with Gasteiger partial charge in [-0.2, -0.15) is 0 Å². The summed E-state index contributed by atoms with van der Waals surface area (Å²) in [6.07, 6.45) is 3.36. The van der Waals surface area contributed by atoms with Gasteiger partial charge >= 0.3 is 6.03 Å². The highest BCUT2D eigenvalue weighted by Crippen LogP contribution is 2.04. The molecule has 4 nitrogen and oxygen atoms in total. The number of amides is 3. The number of carbonyl (C=O) groups excluding carboxylic acids is 2. The van der Waals surface area contributed by atoms with E-state index in [0.29, 0.717) is 12.5 Å². The molecule has 2 N–H and O–H groups in total. The van der Waals surface area contributed by atoms with Crippen LogP contribution in [-0.4, -0.2) is 24.4 Å². The van der Waals surface area contributed by atoms with Crippen LogP contribution < -0.4 is 10.6 Å². The van der Waals surface area contributed by atoms with Gasteiger partial charge in [-0.3, -0.25) is 10.1 Å². The Morgan fingerprint density at radius 2 is 1.94 bits per heavy atom. The molecular weight excluding hydrogens is 228 g/mol. The third-order valence-corrected chi connectivity index (χ3v) is 2.26. The Hall–Kier alpha value is -0.770. The number of carbonyl (C=O) groups is 2. The van der Waals surface area contributed by atoms with Crippen LogP contribution in [0.3, 0.4) is 0 Å². The van der Waals surface area contributed by atoms with Gasteiger partial charge in [-0.15, -0.1) is 11.6 Å². The zero-order chi connectivity index (χ0) is 12.4. The first-order valence-electron chi connectivity index (χ1n) is 5.70. The zero-order valence-corrected chi connectivity index (χ0v) is 10.8. The Kier molecular flexibility index (Phi) is 9.00. The Balaban J connectivity index is 3.40. The standard InChI is InChI=1S/C11H21ClN2O2/c1-9(2)5-3-4-8-13-11(16)14-10(15)6-7-12/h9H,3-8H2,1-2H3,(H2,13,14,15,16). The lowest BCUT2D eigenvalue weighted by molar-refractivity contribution is -0.119. The number of hydrogen-bond donors (Lipinski definition) is 2. The summed E-state index contributed by atoms with van der Waals surface area (Å²) in [6.45, 7) is 4.95. The zero-order valence-electron chi connectivity index (χ0n) is 10.0. The molecule has 0 fully saturated rings. The van der Waals surface area contributed by atoms with Crippen molar-refractivity contribution in [3.63, 3.8) is 0 Å². The van der Waals surface area contributed by atoms with Crippen LogP contribution >= 0.6 is 11.6 Å². The quantitative estimate of drug-likeness (QED) is 0.536. The molecule has 0 atom stereocenters. The molecule has 0 aliphatic rings. The summed E-state index contributed by atoms with van der Waals surface area (Å²) in [5, 5.41) is 4.84. The number of unbranched alkanes of at least 4 members (excludes halogenated alkanes) is 1. The highest BCUT2D eigenvalue weighted by Gasteiger charge is 2.05. The molecule has 0 aliphatic carbocycles. The molecule has 0 bridgehead atoms. The number of alkyl halides is 1. The van der Waals surface area contributed by atoms with Gasteiger partial charge in [-0.25, -0.2) is 4.79 Å². The predicted octanol–water partition coefficient (Wildman–Crippen LogP) is 2.27. The molecule has 0 aliphatic heterocycles. The van der Waals surface area contributed by atoms with Gasteiger partial charge in [0.15, 0.2) is 0 Å². The van der Waals surface area contributed by atoms with Crippen molar-refractivity contribution in [3.8, 4) is 0 Å². The molecule has 0 saturated carbocycles. The molecule has 0 radical (unpaired) electrons. The molecule has 0 aromatic carbocycles. The van der Waals surface area contributed by atoms with Gasteiger partial charge in [0.05, 0.1) is 0 Å². The van der Waals surface area contributed by atoms with Gasteiger partial charge in [0, 0.05) is 18.8 Å². The third kappa shape index (κ3) is 9.77. The van der Waals surface area contributed by atoms with Crippen LogP contribution in [0, 0.1) is 5.92 Å². The Labute approximate surface area is 102 Å². The van der Waals surface area contributed by atoms with E-state index in [4.69, 9.17) is 11.6 Å². The van der Waals surface area contributed by atoms with Crippen LogP contribution in [0.2, 0.25) is 0 Å². The van der Waals surface area contributed by atoms with Crippen molar-refractivity contribution in [2.75, 3.05) is 12.4 Å². The highest BCUT2D eigenvalue weighted by molar-refractivity contribution is 6.19. The summed E-state index contributed by atoms with van der Waals surface area (Å²) in [7, 11) is 0. The van der Waals surface area contributed by atoms with E-state index in [2.05, 4.69) is 24.5 Å². The molecule has 16 heavy (non-hydrogen) atoms. The van der Waals surface area contributed by atoms with E-state index < -0.39 is 6.03 Å². The van der Waals surface area contributed by atoms with Crippen molar-refractivity contribution < 1.29 is 9.59 Å². The summed E-state index contributed by atoms with van der Waals surface area (Å²) in [5.41, 5.74) is 0. The molecule has 0 saturated heterocycles. The second-order valence-electron chi connectivity index (χ2n) is 4.13. The van der Waals surface area contributed by atoms with Crippen LogP contribution in [0.5, 0.6) is 0 Å². The summed E-state index contributed by atoms with van der Waals surface area (Å²) >= 11 is 5.36. The first-order valence-corrected chi connectivity index (χ1v) is 6.23. The maximum Gasteiger partial charge on any atom is 0.321 e. The van der Waals surface area contributed by atoms with E-state index >= 15 is 0 Å². The van der Waals surface area contributed by atoms with Crippen LogP contribution in [0.1, 0.15) is 39.5 Å². The van der Waals surface area contributed by atoms with Crippen molar-refractivity contribution in [2.24, 2.45) is 5.92 Å². The topological polar surface area (TPSA) is 58.2 Å². The van der Waals surface area contributed by atoms with Crippen molar-refractivity contribution >= 4 is 23.5 Å². The Morgan fingerprint density at radius 1 is 1.25 bits per heavy atom. The molecule has 0 aromatic heterocycles. The number of halogens is 1. The number of urea groups is 1. The maximum atomic E-state index is 11.1. The lowest BCUT2D eigenvalue weighted by atomic mass is 10.1. The van der Waals surface area contributed by atoms with Gasteiger partial charge in [0.2, 0.25) is 5.91 Å². The van der Waals surface area contributed by atoms with Crippen LogP contribution in [0.25, 0.3) is 0 Å². The largest absolute Gasteiger partial charge is 0.338 e. The number of hydrogen-bond acceptors (Lipinski definition) is 2. The normalized spacial score (nSPS) is 10.2. The van der Waals surface area contributed by atoms with E-state index in [9.17, 15) is 9.59 Å². The fourth-order valence-corrected chi connectivity index (χ4v) is 1.37. The summed E-state index contributed by atoms with van der Waals surface area (Å²) in [6, 6.07) is -0.431. The molecular formula is C11H21ClN2O2. The molecule has 0 heterocycles. The first-order chi connectivity index (χ1) is 7.56. The fraction of sp³-hybridized carbons (Fsp3) is 0.818. The number of nitrogens with one attached hydrogen (secondary N) is 2. The minimum atomic E-state index is -0.431. The second-order valence-corrected chi connectivity index (χ2v) is 4.51. The van der Waals surface area contributed by atoms with Gasteiger partial charge in [-0.1, -0.05) is 26.7 Å². The number of rotatable bonds is 7. The van der Waals surface area contributed by atoms with Crippen molar-refractivity contribution in [1.82, 2.24) is 10.6 Å². The average molecular weight is 249 g/mol. The van der Waals surface area contributed by atoms with Crippen LogP contribution in [-0.2, 0) is 4.79 Å². The Bertz CT molecular complexity index is 220. The summed E-state index contributed by atoms with van der Waals surface area (Å²) in [5.74, 6) is 0.585. The molecule has 0 aromatic rings. The fourth-order valence-electron chi connectivity index (χ4n) is 1.20. The minimum Gasteiger partial charge on any atom is -0.338 e. The van der Waals surface area contributed by atoms with E-state index in [0.717, 1.165) is 19.3 Å². The monoisotopic (exact) mass is 248 g/mol. The summed E-state index contributed by atoms with van der Waals surface area (Å²) in [4.78, 5) is 22.1. The average Bonchev–Trinajstić information content (AvgIpc) is 2.16. The smallest absolute Gasteiger partial charge is 0.321 e. The molecule has 0 rings (SSSR count). The lowest BCUT2D eigenvalue weighted by Gasteiger charge is -2.07. The van der Waals surface area contributed by atoms with E-state index in [1.165, 1.54) is 0 Å².